The Morgan fingerprint density at radius 3 is 2.82 bits per heavy atom. The lowest BCUT2D eigenvalue weighted by molar-refractivity contribution is 0.151. The van der Waals surface area contributed by atoms with Gasteiger partial charge in [-0.05, 0) is 31.1 Å². The minimum atomic E-state index is 0. The van der Waals surface area contributed by atoms with E-state index in [-0.39, 0.29) is 24.0 Å². The average molecular weight is 434 g/mol. The van der Waals surface area contributed by atoms with E-state index in [9.17, 15) is 0 Å². The summed E-state index contributed by atoms with van der Waals surface area (Å²) in [5, 5.41) is 6.93. The van der Waals surface area contributed by atoms with Gasteiger partial charge in [0.15, 0.2) is 5.96 Å². The van der Waals surface area contributed by atoms with Gasteiger partial charge in [-0.25, -0.2) is 4.98 Å². The molecule has 1 aliphatic carbocycles. The number of hydrogen-bond acceptors (Lipinski definition) is 3. The van der Waals surface area contributed by atoms with Crippen molar-refractivity contribution in [3.8, 4) is 0 Å². The molecule has 0 atom stereocenters. The molecule has 2 heterocycles. The molecule has 2 aliphatic rings. The molecule has 1 saturated heterocycles. The Bertz CT molecular complexity index is 510. The van der Waals surface area contributed by atoms with Crippen molar-refractivity contribution in [2.24, 2.45) is 10.4 Å². The highest BCUT2D eigenvalue weighted by molar-refractivity contribution is 14.0. The monoisotopic (exact) mass is 434 g/mol. The van der Waals surface area contributed by atoms with Gasteiger partial charge in [0.1, 0.15) is 0 Å². The van der Waals surface area contributed by atoms with Crippen molar-refractivity contribution in [1.29, 1.82) is 0 Å². The zero-order valence-corrected chi connectivity index (χ0v) is 16.7. The maximum atomic E-state index is 4.62. The first-order valence-corrected chi connectivity index (χ1v) is 9.01. The van der Waals surface area contributed by atoms with Gasteiger partial charge in [0.2, 0.25) is 0 Å². The molecular formula is C16H27IN4S. The normalized spacial score (nSPS) is 19.9. The SMILES string of the molecule is CCc1nc(CCNC(=NC)N2CCC3(CCC3)C2)cs1.I. The van der Waals surface area contributed by atoms with Gasteiger partial charge in [0.05, 0.1) is 10.7 Å². The van der Waals surface area contributed by atoms with Gasteiger partial charge < -0.3 is 10.2 Å². The largest absolute Gasteiger partial charge is 0.356 e. The Morgan fingerprint density at radius 2 is 2.27 bits per heavy atom. The van der Waals surface area contributed by atoms with Crippen molar-refractivity contribution in [2.75, 3.05) is 26.7 Å². The van der Waals surface area contributed by atoms with Crippen LogP contribution in [0.25, 0.3) is 0 Å². The van der Waals surface area contributed by atoms with E-state index in [4.69, 9.17) is 0 Å². The molecule has 1 aromatic rings. The van der Waals surface area contributed by atoms with Crippen LogP contribution in [-0.4, -0.2) is 42.5 Å². The van der Waals surface area contributed by atoms with Gasteiger partial charge in [-0.2, -0.15) is 0 Å². The van der Waals surface area contributed by atoms with Crippen molar-refractivity contribution in [3.05, 3.63) is 16.1 Å². The maximum Gasteiger partial charge on any atom is 0.193 e. The molecule has 0 bridgehead atoms. The highest BCUT2D eigenvalue weighted by Crippen LogP contribution is 2.47. The zero-order valence-electron chi connectivity index (χ0n) is 13.6. The number of guanidine groups is 1. The third kappa shape index (κ3) is 3.93. The number of likely N-dealkylation sites (tertiary alicyclic amines) is 1. The summed E-state index contributed by atoms with van der Waals surface area (Å²) in [5.41, 5.74) is 1.83. The molecular weight excluding hydrogens is 407 g/mol. The molecule has 0 amide bonds. The van der Waals surface area contributed by atoms with Crippen LogP contribution in [-0.2, 0) is 12.8 Å². The smallest absolute Gasteiger partial charge is 0.193 e. The van der Waals surface area contributed by atoms with Crippen molar-refractivity contribution in [3.63, 3.8) is 0 Å². The second-order valence-electron chi connectivity index (χ2n) is 6.34. The highest BCUT2D eigenvalue weighted by atomic mass is 127. The first-order valence-electron chi connectivity index (χ1n) is 8.13. The molecule has 0 aromatic carbocycles. The molecule has 1 spiro atoms. The molecule has 4 nitrogen and oxygen atoms in total. The first-order chi connectivity index (χ1) is 10.2. The summed E-state index contributed by atoms with van der Waals surface area (Å²) >= 11 is 1.77. The number of thiazole rings is 1. The number of hydrogen-bond donors (Lipinski definition) is 1. The molecule has 1 aliphatic heterocycles. The van der Waals surface area contributed by atoms with Crippen LogP contribution in [0, 0.1) is 5.41 Å². The molecule has 1 N–H and O–H groups in total. The number of halogens is 1. The molecule has 6 heteroatoms. The van der Waals surface area contributed by atoms with Crippen LogP contribution in [0.2, 0.25) is 0 Å². The summed E-state index contributed by atoms with van der Waals surface area (Å²) in [6.07, 6.45) is 7.62. The zero-order chi connectivity index (χ0) is 14.7. The lowest BCUT2D eigenvalue weighted by atomic mass is 9.68. The fourth-order valence-electron chi connectivity index (χ4n) is 3.46. The van der Waals surface area contributed by atoms with Crippen LogP contribution in [0.5, 0.6) is 0 Å². The Balaban J connectivity index is 0.00000176. The average Bonchev–Trinajstić information content (AvgIpc) is 3.10. The van der Waals surface area contributed by atoms with E-state index in [1.165, 1.54) is 42.9 Å². The number of aliphatic imine (C=N–C) groups is 1. The molecule has 2 fully saturated rings. The predicted octanol–water partition coefficient (Wildman–Crippen LogP) is 3.32. The van der Waals surface area contributed by atoms with Crippen molar-refractivity contribution in [2.45, 2.75) is 45.4 Å². The molecule has 22 heavy (non-hydrogen) atoms. The number of nitrogens with zero attached hydrogens (tertiary/aromatic N) is 3. The van der Waals surface area contributed by atoms with Crippen molar-refractivity contribution < 1.29 is 0 Å². The van der Waals surface area contributed by atoms with Crippen LogP contribution >= 0.6 is 35.3 Å². The van der Waals surface area contributed by atoms with E-state index in [1.807, 2.05) is 7.05 Å². The lowest BCUT2D eigenvalue weighted by Crippen LogP contribution is -2.43. The summed E-state index contributed by atoms with van der Waals surface area (Å²) in [4.78, 5) is 11.5. The fourth-order valence-corrected chi connectivity index (χ4v) is 4.24. The third-order valence-electron chi connectivity index (χ3n) is 4.93. The summed E-state index contributed by atoms with van der Waals surface area (Å²) in [5.74, 6) is 1.07. The second-order valence-corrected chi connectivity index (χ2v) is 7.28. The Morgan fingerprint density at radius 1 is 1.45 bits per heavy atom. The van der Waals surface area contributed by atoms with E-state index in [2.05, 4.69) is 32.5 Å². The van der Waals surface area contributed by atoms with Crippen LogP contribution in [0.15, 0.2) is 10.4 Å². The topological polar surface area (TPSA) is 40.5 Å². The molecule has 0 radical (unpaired) electrons. The van der Waals surface area contributed by atoms with Crippen LogP contribution < -0.4 is 5.32 Å². The van der Waals surface area contributed by atoms with Gasteiger partial charge in [0, 0.05) is 38.5 Å². The standard InChI is InChI=1S/C16H26N4S.HI/c1-3-14-19-13(11-21-14)5-9-18-15(17-2)20-10-8-16(12-20)6-4-7-16;/h11H,3-10,12H2,1-2H3,(H,17,18);1H. The number of nitrogens with one attached hydrogen (secondary N) is 1. The molecule has 1 saturated carbocycles. The minimum Gasteiger partial charge on any atom is -0.356 e. The van der Waals surface area contributed by atoms with Gasteiger partial charge in [-0.15, -0.1) is 35.3 Å². The molecule has 1 aromatic heterocycles. The summed E-state index contributed by atoms with van der Waals surface area (Å²) in [6, 6.07) is 0. The van der Waals surface area contributed by atoms with Crippen LogP contribution in [0.3, 0.4) is 0 Å². The number of aromatic nitrogens is 1. The van der Waals surface area contributed by atoms with E-state index in [1.54, 1.807) is 11.3 Å². The van der Waals surface area contributed by atoms with Crippen LogP contribution in [0.1, 0.15) is 43.3 Å². The molecule has 0 unspecified atom stereocenters. The Hall–Kier alpha value is -0.370. The maximum absolute atomic E-state index is 4.62. The van der Waals surface area contributed by atoms with Gasteiger partial charge in [-0.1, -0.05) is 13.3 Å². The van der Waals surface area contributed by atoms with E-state index >= 15 is 0 Å². The van der Waals surface area contributed by atoms with Gasteiger partial charge in [0.25, 0.3) is 0 Å². The Kier molecular flexibility index (Phi) is 6.49. The quantitative estimate of drug-likeness (QED) is 0.449. The predicted molar refractivity (Wildman–Crippen MR) is 104 cm³/mol. The minimum absolute atomic E-state index is 0. The summed E-state index contributed by atoms with van der Waals surface area (Å²) in [6.45, 7) is 5.44. The number of aryl methyl sites for hydroxylation is 1. The second kappa shape index (κ2) is 7.95. The fraction of sp³-hybridized carbons (Fsp3) is 0.750. The number of rotatable bonds is 4. The molecule has 3 rings (SSSR count). The van der Waals surface area contributed by atoms with Crippen LogP contribution in [0.4, 0.5) is 0 Å². The van der Waals surface area contributed by atoms with Crippen molar-refractivity contribution >= 4 is 41.3 Å². The van der Waals surface area contributed by atoms with E-state index < -0.39 is 0 Å². The van der Waals surface area contributed by atoms with Gasteiger partial charge in [-0.3, -0.25) is 4.99 Å². The van der Waals surface area contributed by atoms with E-state index in [0.717, 1.165) is 31.9 Å². The summed E-state index contributed by atoms with van der Waals surface area (Å²) in [7, 11) is 1.89. The van der Waals surface area contributed by atoms with Crippen molar-refractivity contribution in [1.82, 2.24) is 15.2 Å². The molecule has 124 valence electrons. The van der Waals surface area contributed by atoms with Gasteiger partial charge >= 0.3 is 0 Å². The Labute approximate surface area is 154 Å². The highest BCUT2D eigenvalue weighted by Gasteiger charge is 2.43. The van der Waals surface area contributed by atoms with E-state index in [0.29, 0.717) is 5.41 Å². The summed E-state index contributed by atoms with van der Waals surface area (Å²) < 4.78 is 0. The lowest BCUT2D eigenvalue weighted by Gasteiger charge is -2.38. The third-order valence-corrected chi connectivity index (χ3v) is 5.97. The first kappa shape index (κ1) is 18.0.